The first kappa shape index (κ1) is 13.9. The van der Waals surface area contributed by atoms with Crippen molar-refractivity contribution in [2.24, 2.45) is 0 Å². The number of hydrogen-bond acceptors (Lipinski definition) is 1. The van der Waals surface area contributed by atoms with E-state index in [4.69, 9.17) is 4.74 Å². The zero-order valence-electron chi connectivity index (χ0n) is 9.34. The summed E-state index contributed by atoms with van der Waals surface area (Å²) in [6.45, 7) is 10.5. The topological polar surface area (TPSA) is 12.5 Å². The highest BCUT2D eigenvalue weighted by Crippen LogP contribution is 2.16. The van der Waals surface area contributed by atoms with Crippen LogP contribution in [0.15, 0.2) is 12.7 Å². The quantitative estimate of drug-likeness (QED) is 0.299. The predicted molar refractivity (Wildman–Crippen MR) is 55.6 cm³/mol. The van der Waals surface area contributed by atoms with Crippen LogP contribution in [0.5, 0.6) is 0 Å². The van der Waals surface area contributed by atoms with E-state index in [0.29, 0.717) is 6.10 Å². The van der Waals surface area contributed by atoms with Crippen molar-refractivity contribution in [3.05, 3.63) is 12.7 Å². The summed E-state index contributed by atoms with van der Waals surface area (Å²) in [5, 5.41) is 0. The molecule has 0 aromatic rings. The molecular weight excluding hydrogens is 198 g/mol. The standard InChI is InChI=1S/C11H22NO.ClH/c1-4-6-8-12(3,7-5-2)9-11-10-13-11;/h5,11H,2,4,6-10H2,1,3H3;1H/q+1;/p-1. The van der Waals surface area contributed by atoms with Crippen LogP contribution in [0.2, 0.25) is 0 Å². The number of halogens is 1. The highest BCUT2D eigenvalue weighted by Gasteiger charge is 2.32. The summed E-state index contributed by atoms with van der Waals surface area (Å²) in [5.74, 6) is 0. The number of rotatable bonds is 7. The van der Waals surface area contributed by atoms with Gasteiger partial charge in [-0.1, -0.05) is 19.9 Å². The fourth-order valence-electron chi connectivity index (χ4n) is 1.77. The van der Waals surface area contributed by atoms with Gasteiger partial charge in [-0.25, -0.2) is 0 Å². The third-order valence-corrected chi connectivity index (χ3v) is 2.67. The highest BCUT2D eigenvalue weighted by molar-refractivity contribution is 4.72. The van der Waals surface area contributed by atoms with Crippen LogP contribution in [0.3, 0.4) is 0 Å². The van der Waals surface area contributed by atoms with E-state index in [2.05, 4.69) is 20.6 Å². The van der Waals surface area contributed by atoms with Crippen LogP contribution in [0.25, 0.3) is 0 Å². The molecule has 3 heteroatoms. The predicted octanol–water partition coefficient (Wildman–Crippen LogP) is -1.18. The van der Waals surface area contributed by atoms with Crippen LogP contribution in [0.4, 0.5) is 0 Å². The Hall–Kier alpha value is -0.0500. The maximum atomic E-state index is 5.28. The lowest BCUT2D eigenvalue weighted by Crippen LogP contribution is -3.00. The first-order valence-corrected chi connectivity index (χ1v) is 5.26. The fourth-order valence-corrected chi connectivity index (χ4v) is 1.77. The van der Waals surface area contributed by atoms with E-state index in [1.54, 1.807) is 0 Å². The molecule has 0 amide bonds. The Morgan fingerprint density at radius 2 is 2.21 bits per heavy atom. The molecule has 1 fully saturated rings. The summed E-state index contributed by atoms with van der Waals surface area (Å²) in [7, 11) is 2.30. The average Bonchev–Trinajstić information content (AvgIpc) is 2.85. The second-order valence-electron chi connectivity index (χ2n) is 4.31. The molecule has 1 aliphatic heterocycles. The molecule has 0 spiro atoms. The Kier molecular flexibility index (Phi) is 6.41. The summed E-state index contributed by atoms with van der Waals surface area (Å²) in [6.07, 6.45) is 5.13. The van der Waals surface area contributed by atoms with Crippen molar-refractivity contribution in [3.8, 4) is 0 Å². The summed E-state index contributed by atoms with van der Waals surface area (Å²) < 4.78 is 6.38. The molecular formula is C11H22ClNO. The van der Waals surface area contributed by atoms with Gasteiger partial charge in [0.1, 0.15) is 12.6 Å². The molecule has 0 aromatic carbocycles. The SMILES string of the molecule is C=CC[N+](C)(CCCC)CC1CO1.[Cl-]. The highest BCUT2D eigenvalue weighted by atomic mass is 35.5. The lowest BCUT2D eigenvalue weighted by atomic mass is 10.2. The van der Waals surface area contributed by atoms with Crippen molar-refractivity contribution in [1.29, 1.82) is 0 Å². The molecule has 2 unspecified atom stereocenters. The van der Waals surface area contributed by atoms with Gasteiger partial charge in [0.2, 0.25) is 0 Å². The maximum Gasteiger partial charge on any atom is 0.130 e. The van der Waals surface area contributed by atoms with Crippen LogP contribution in [-0.2, 0) is 4.74 Å². The minimum atomic E-state index is 0. The van der Waals surface area contributed by atoms with Gasteiger partial charge in [-0.05, 0) is 12.5 Å². The molecule has 0 radical (unpaired) electrons. The molecule has 1 aliphatic rings. The van der Waals surface area contributed by atoms with E-state index in [1.165, 1.54) is 19.4 Å². The van der Waals surface area contributed by atoms with Crippen LogP contribution < -0.4 is 12.4 Å². The summed E-state index contributed by atoms with van der Waals surface area (Å²) in [6, 6.07) is 0. The van der Waals surface area contributed by atoms with Crippen LogP contribution in [-0.4, -0.2) is 43.9 Å². The summed E-state index contributed by atoms with van der Waals surface area (Å²) in [5.41, 5.74) is 0. The number of epoxide rings is 1. The Bertz CT molecular complexity index is 171. The van der Waals surface area contributed by atoms with E-state index in [-0.39, 0.29) is 12.4 Å². The van der Waals surface area contributed by atoms with Crippen LogP contribution in [0, 0.1) is 0 Å². The lowest BCUT2D eigenvalue weighted by molar-refractivity contribution is -0.904. The van der Waals surface area contributed by atoms with Gasteiger partial charge in [0, 0.05) is 0 Å². The molecule has 1 saturated heterocycles. The fraction of sp³-hybridized carbons (Fsp3) is 0.818. The summed E-state index contributed by atoms with van der Waals surface area (Å²) >= 11 is 0. The zero-order valence-corrected chi connectivity index (χ0v) is 10.1. The molecule has 2 atom stereocenters. The lowest BCUT2D eigenvalue weighted by Gasteiger charge is -2.33. The average molecular weight is 220 g/mol. The number of unbranched alkanes of at least 4 members (excludes halogenated alkanes) is 1. The first-order valence-electron chi connectivity index (χ1n) is 5.26. The molecule has 0 N–H and O–H groups in total. The van der Waals surface area contributed by atoms with Gasteiger partial charge in [-0.15, -0.1) is 0 Å². The molecule has 1 heterocycles. The minimum Gasteiger partial charge on any atom is -1.00 e. The molecule has 14 heavy (non-hydrogen) atoms. The van der Waals surface area contributed by atoms with Crippen molar-refractivity contribution in [3.63, 3.8) is 0 Å². The minimum absolute atomic E-state index is 0. The zero-order chi connectivity index (χ0) is 9.73. The Labute approximate surface area is 93.9 Å². The van der Waals surface area contributed by atoms with Gasteiger partial charge in [-0.2, -0.15) is 0 Å². The molecule has 0 saturated carbocycles. The number of quaternary nitrogens is 1. The van der Waals surface area contributed by atoms with E-state index in [1.807, 2.05) is 6.08 Å². The van der Waals surface area contributed by atoms with E-state index >= 15 is 0 Å². The number of likely N-dealkylation sites (N-methyl/N-ethyl adjacent to an activating group) is 1. The second-order valence-corrected chi connectivity index (χ2v) is 4.31. The van der Waals surface area contributed by atoms with Crippen molar-refractivity contribution in [2.75, 3.05) is 33.3 Å². The van der Waals surface area contributed by atoms with E-state index < -0.39 is 0 Å². The molecule has 84 valence electrons. The van der Waals surface area contributed by atoms with Gasteiger partial charge in [0.25, 0.3) is 0 Å². The van der Waals surface area contributed by atoms with E-state index in [0.717, 1.165) is 24.2 Å². The van der Waals surface area contributed by atoms with Gasteiger partial charge in [0.15, 0.2) is 0 Å². The molecule has 0 bridgehead atoms. The first-order chi connectivity index (χ1) is 6.20. The third-order valence-electron chi connectivity index (χ3n) is 2.67. The van der Waals surface area contributed by atoms with Crippen molar-refractivity contribution in [2.45, 2.75) is 25.9 Å². The number of hydrogen-bond donors (Lipinski definition) is 0. The molecule has 0 aromatic heterocycles. The van der Waals surface area contributed by atoms with E-state index in [9.17, 15) is 0 Å². The monoisotopic (exact) mass is 219 g/mol. The Balaban J connectivity index is 0.00000169. The van der Waals surface area contributed by atoms with Crippen molar-refractivity contribution < 1.29 is 21.6 Å². The van der Waals surface area contributed by atoms with Gasteiger partial charge < -0.3 is 21.6 Å². The molecule has 2 nitrogen and oxygen atoms in total. The summed E-state index contributed by atoms with van der Waals surface area (Å²) in [4.78, 5) is 0. The number of nitrogens with zero attached hydrogens (tertiary/aromatic N) is 1. The van der Waals surface area contributed by atoms with Gasteiger partial charge in [-0.3, -0.25) is 0 Å². The smallest absolute Gasteiger partial charge is 0.130 e. The van der Waals surface area contributed by atoms with Crippen molar-refractivity contribution >= 4 is 0 Å². The van der Waals surface area contributed by atoms with Gasteiger partial charge >= 0.3 is 0 Å². The van der Waals surface area contributed by atoms with Crippen LogP contribution in [0.1, 0.15) is 19.8 Å². The molecule has 0 aliphatic carbocycles. The molecule has 1 rings (SSSR count). The van der Waals surface area contributed by atoms with Crippen molar-refractivity contribution in [1.82, 2.24) is 0 Å². The normalized spacial score (nSPS) is 23.4. The Morgan fingerprint density at radius 1 is 1.57 bits per heavy atom. The largest absolute Gasteiger partial charge is 1.00 e. The van der Waals surface area contributed by atoms with Crippen LogP contribution >= 0.6 is 0 Å². The second kappa shape index (κ2) is 6.44. The Morgan fingerprint density at radius 3 is 2.64 bits per heavy atom. The maximum absolute atomic E-state index is 5.28. The van der Waals surface area contributed by atoms with Gasteiger partial charge in [0.05, 0.1) is 26.7 Å². The third kappa shape index (κ3) is 4.99. The number of ether oxygens (including phenoxy) is 1.